The van der Waals surface area contributed by atoms with E-state index in [1.165, 1.54) is 34.8 Å². The standard InChI is InChI=1S/C25H24FN7OS2/c1-4-13(2)23-30-31-24(36-23)19-9-16(11-33-21(19)29-25(27)32-33)17-10-20(35-12-17)22(34)28-14(3)15-5-7-18(26)8-6-15/h5-14H,4H2,1-3H3,(H2,27,32)(H,28,34)/t13?,14-/m0/s1. The molecule has 8 nitrogen and oxygen atoms in total. The molecule has 11 heteroatoms. The Labute approximate surface area is 215 Å². The number of hydrogen-bond acceptors (Lipinski definition) is 8. The Bertz CT molecular complexity index is 1540. The van der Waals surface area contributed by atoms with Crippen LogP contribution in [0.25, 0.3) is 27.3 Å². The number of nitrogens with one attached hydrogen (secondary N) is 1. The van der Waals surface area contributed by atoms with Crippen LogP contribution in [0.5, 0.6) is 0 Å². The maximum Gasteiger partial charge on any atom is 0.261 e. The molecule has 5 aromatic rings. The Hall–Kier alpha value is -3.70. The van der Waals surface area contributed by atoms with Gasteiger partial charge in [0, 0.05) is 17.7 Å². The second-order valence-corrected chi connectivity index (χ2v) is 10.5. The number of nitrogens with zero attached hydrogens (tertiary/aromatic N) is 5. The zero-order valence-electron chi connectivity index (χ0n) is 19.9. The summed E-state index contributed by atoms with van der Waals surface area (Å²) in [4.78, 5) is 17.8. The first-order chi connectivity index (χ1) is 17.3. The van der Waals surface area contributed by atoms with E-state index in [-0.39, 0.29) is 23.7 Å². The van der Waals surface area contributed by atoms with E-state index in [9.17, 15) is 9.18 Å². The molecule has 0 saturated heterocycles. The summed E-state index contributed by atoms with van der Waals surface area (Å²) in [6.07, 6.45) is 2.81. The Morgan fingerprint density at radius 1 is 1.17 bits per heavy atom. The maximum atomic E-state index is 13.2. The zero-order chi connectivity index (χ0) is 25.4. The van der Waals surface area contributed by atoms with Gasteiger partial charge in [-0.15, -0.1) is 26.6 Å². The Balaban J connectivity index is 1.45. The largest absolute Gasteiger partial charge is 0.366 e. The highest BCUT2D eigenvalue weighted by molar-refractivity contribution is 7.14. The minimum Gasteiger partial charge on any atom is -0.366 e. The number of anilines is 1. The van der Waals surface area contributed by atoms with Crippen molar-refractivity contribution in [2.24, 2.45) is 0 Å². The second kappa shape index (κ2) is 9.75. The Kier molecular flexibility index (Phi) is 6.50. The number of thiophene rings is 1. The number of benzene rings is 1. The van der Waals surface area contributed by atoms with Gasteiger partial charge < -0.3 is 11.1 Å². The SMILES string of the molecule is CCC(C)c1nnc(-c2cc(-c3csc(C(=O)N[C@@H](C)c4ccc(F)cc4)c3)cn3nc(N)nc23)s1. The number of aromatic nitrogens is 5. The van der Waals surface area contributed by atoms with Gasteiger partial charge in [-0.1, -0.05) is 37.3 Å². The van der Waals surface area contributed by atoms with Crippen LogP contribution < -0.4 is 11.1 Å². The van der Waals surface area contributed by atoms with E-state index >= 15 is 0 Å². The van der Waals surface area contributed by atoms with Crippen molar-refractivity contribution in [1.29, 1.82) is 0 Å². The van der Waals surface area contributed by atoms with Crippen LogP contribution in [0.1, 0.15) is 59.4 Å². The van der Waals surface area contributed by atoms with Gasteiger partial charge in [0.25, 0.3) is 5.91 Å². The molecule has 1 aromatic carbocycles. The lowest BCUT2D eigenvalue weighted by atomic mass is 10.1. The van der Waals surface area contributed by atoms with Crippen LogP contribution in [-0.2, 0) is 0 Å². The number of fused-ring (bicyclic) bond motifs is 1. The molecular formula is C25H24FN7OS2. The summed E-state index contributed by atoms with van der Waals surface area (Å²) in [6.45, 7) is 6.11. The number of rotatable bonds is 7. The van der Waals surface area contributed by atoms with Gasteiger partial charge in [-0.05, 0) is 54.1 Å². The van der Waals surface area contributed by atoms with Crippen LogP contribution >= 0.6 is 22.7 Å². The number of amides is 1. The quantitative estimate of drug-likeness (QED) is 0.284. The number of nitrogen functional groups attached to an aromatic ring is 1. The number of pyridine rings is 1. The lowest BCUT2D eigenvalue weighted by molar-refractivity contribution is 0.0944. The van der Waals surface area contributed by atoms with Crippen LogP contribution in [0.4, 0.5) is 10.3 Å². The zero-order valence-corrected chi connectivity index (χ0v) is 21.5. The molecule has 0 aliphatic carbocycles. The molecule has 0 fully saturated rings. The van der Waals surface area contributed by atoms with Gasteiger partial charge in [0.2, 0.25) is 5.95 Å². The van der Waals surface area contributed by atoms with Gasteiger partial charge >= 0.3 is 0 Å². The summed E-state index contributed by atoms with van der Waals surface area (Å²) in [5.41, 5.74) is 9.83. The van der Waals surface area contributed by atoms with Crippen LogP contribution in [0.3, 0.4) is 0 Å². The number of hydrogen-bond donors (Lipinski definition) is 2. The number of carbonyl (C=O) groups excluding carboxylic acids is 1. The fourth-order valence-corrected chi connectivity index (χ4v) is 5.55. The predicted molar refractivity (Wildman–Crippen MR) is 141 cm³/mol. The normalized spacial score (nSPS) is 13.1. The third-order valence-corrected chi connectivity index (χ3v) is 8.15. The van der Waals surface area contributed by atoms with Gasteiger partial charge in [-0.2, -0.15) is 4.98 Å². The first kappa shape index (κ1) is 24.0. The molecule has 1 amide bonds. The molecule has 4 heterocycles. The second-order valence-electron chi connectivity index (χ2n) is 8.58. The predicted octanol–water partition coefficient (Wildman–Crippen LogP) is 5.70. The summed E-state index contributed by atoms with van der Waals surface area (Å²) in [7, 11) is 0. The molecule has 5 rings (SSSR count). The molecule has 4 aromatic heterocycles. The molecule has 3 N–H and O–H groups in total. The van der Waals surface area contributed by atoms with Gasteiger partial charge in [0.1, 0.15) is 10.8 Å². The average Bonchev–Trinajstić information content (AvgIpc) is 3.62. The smallest absolute Gasteiger partial charge is 0.261 e. The Morgan fingerprint density at radius 2 is 1.94 bits per heavy atom. The molecule has 0 aliphatic rings. The van der Waals surface area contributed by atoms with Crippen molar-refractivity contribution in [3.63, 3.8) is 0 Å². The lowest BCUT2D eigenvalue weighted by Gasteiger charge is -2.13. The van der Waals surface area contributed by atoms with E-state index in [4.69, 9.17) is 5.73 Å². The van der Waals surface area contributed by atoms with Crippen LogP contribution in [0.2, 0.25) is 0 Å². The summed E-state index contributed by atoms with van der Waals surface area (Å²) < 4.78 is 14.9. The minimum absolute atomic E-state index is 0.167. The van der Waals surface area contributed by atoms with Crippen molar-refractivity contribution in [2.75, 3.05) is 5.73 Å². The topological polar surface area (TPSA) is 111 Å². The summed E-state index contributed by atoms with van der Waals surface area (Å²) in [6, 6.07) is 9.66. The molecule has 0 radical (unpaired) electrons. The fourth-order valence-electron chi connectivity index (χ4n) is 3.74. The van der Waals surface area contributed by atoms with Gasteiger partial charge in [-0.3, -0.25) is 4.79 Å². The molecular weight excluding hydrogens is 497 g/mol. The van der Waals surface area contributed by atoms with E-state index in [0.717, 1.165) is 38.7 Å². The van der Waals surface area contributed by atoms with Crippen LogP contribution in [0, 0.1) is 5.82 Å². The van der Waals surface area contributed by atoms with E-state index in [2.05, 4.69) is 39.4 Å². The molecule has 0 bridgehead atoms. The summed E-state index contributed by atoms with van der Waals surface area (Å²) in [5, 5.41) is 19.7. The highest BCUT2D eigenvalue weighted by atomic mass is 32.1. The first-order valence-corrected chi connectivity index (χ1v) is 13.2. The molecule has 184 valence electrons. The monoisotopic (exact) mass is 521 g/mol. The fraction of sp³-hybridized carbons (Fsp3) is 0.240. The molecule has 2 atom stereocenters. The van der Waals surface area contributed by atoms with Crippen molar-refractivity contribution < 1.29 is 9.18 Å². The van der Waals surface area contributed by atoms with E-state index in [1.807, 2.05) is 30.6 Å². The molecule has 0 saturated carbocycles. The van der Waals surface area contributed by atoms with Crippen LogP contribution in [0.15, 0.2) is 48.0 Å². The molecule has 0 aliphatic heterocycles. The van der Waals surface area contributed by atoms with E-state index < -0.39 is 0 Å². The van der Waals surface area contributed by atoms with E-state index in [1.54, 1.807) is 16.6 Å². The summed E-state index contributed by atoms with van der Waals surface area (Å²) >= 11 is 2.88. The van der Waals surface area contributed by atoms with Crippen LogP contribution in [-0.4, -0.2) is 30.7 Å². The minimum atomic E-state index is -0.310. The molecule has 0 spiro atoms. The van der Waals surface area contributed by atoms with Gasteiger partial charge in [-0.25, -0.2) is 8.91 Å². The maximum absolute atomic E-state index is 13.2. The lowest BCUT2D eigenvalue weighted by Crippen LogP contribution is -2.25. The van der Waals surface area contributed by atoms with Gasteiger partial charge in [0.05, 0.1) is 16.5 Å². The van der Waals surface area contributed by atoms with Crippen molar-refractivity contribution in [2.45, 2.75) is 39.2 Å². The average molecular weight is 522 g/mol. The Morgan fingerprint density at radius 3 is 2.69 bits per heavy atom. The van der Waals surface area contributed by atoms with Crippen molar-refractivity contribution in [3.05, 3.63) is 69.2 Å². The number of carbonyl (C=O) groups is 1. The number of halogens is 1. The van der Waals surface area contributed by atoms with Crippen molar-refractivity contribution >= 4 is 40.2 Å². The van der Waals surface area contributed by atoms with E-state index in [0.29, 0.717) is 16.4 Å². The third-order valence-electron chi connectivity index (χ3n) is 6.03. The first-order valence-electron chi connectivity index (χ1n) is 11.5. The van der Waals surface area contributed by atoms with Crippen molar-refractivity contribution in [1.82, 2.24) is 30.1 Å². The highest BCUT2D eigenvalue weighted by Crippen LogP contribution is 2.35. The van der Waals surface area contributed by atoms with Gasteiger partial charge in [0.15, 0.2) is 10.7 Å². The van der Waals surface area contributed by atoms with Crippen molar-refractivity contribution in [3.8, 4) is 21.7 Å². The number of nitrogens with two attached hydrogens (primary N) is 1. The molecule has 1 unspecified atom stereocenters. The third kappa shape index (κ3) is 4.71. The summed E-state index contributed by atoms with van der Waals surface area (Å²) in [5.74, 6) is -0.0270. The molecule has 36 heavy (non-hydrogen) atoms. The highest BCUT2D eigenvalue weighted by Gasteiger charge is 2.19.